The first-order valence-corrected chi connectivity index (χ1v) is 8.88. The Morgan fingerprint density at radius 1 is 1.31 bits per heavy atom. The van der Waals surface area contributed by atoms with E-state index < -0.39 is 5.60 Å². The fourth-order valence-electron chi connectivity index (χ4n) is 3.44. The van der Waals surface area contributed by atoms with Gasteiger partial charge in [-0.3, -0.25) is 0 Å². The third-order valence-electron chi connectivity index (χ3n) is 5.11. The first-order valence-electron chi connectivity index (χ1n) is 8.88. The molecule has 134 valence electrons. The molecule has 26 heavy (non-hydrogen) atoms. The minimum Gasteiger partial charge on any atom is -0.384 e. The number of ether oxygens (including phenoxy) is 1. The van der Waals surface area contributed by atoms with Gasteiger partial charge in [-0.2, -0.15) is 0 Å². The van der Waals surface area contributed by atoms with Gasteiger partial charge in [0, 0.05) is 35.9 Å². The maximum atomic E-state index is 10.8. The molecule has 0 radical (unpaired) electrons. The van der Waals surface area contributed by atoms with E-state index in [1.807, 2.05) is 16.7 Å². The molecule has 1 saturated heterocycles. The standard InChI is InChI=1S/C19H21N5O2/c20-17-6-14(3-4-21-17)22-7-15-9-24-8-13(12-1-2-12)5-16(18(24)23-15)19(25)10-26-11-19/h3-6,8-9,12,25H,1-2,7,10-11H2,(H3,20,21,22). The molecule has 7 heteroatoms. The molecule has 1 saturated carbocycles. The third-order valence-corrected chi connectivity index (χ3v) is 5.11. The number of fused-ring (bicyclic) bond motifs is 1. The van der Waals surface area contributed by atoms with Crippen molar-refractivity contribution in [2.75, 3.05) is 24.3 Å². The zero-order valence-electron chi connectivity index (χ0n) is 14.4. The van der Waals surface area contributed by atoms with Gasteiger partial charge in [0.2, 0.25) is 0 Å². The molecule has 4 N–H and O–H groups in total. The minimum absolute atomic E-state index is 0.327. The van der Waals surface area contributed by atoms with Crippen LogP contribution in [0.15, 0.2) is 36.8 Å². The summed E-state index contributed by atoms with van der Waals surface area (Å²) in [5.41, 5.74) is 9.53. The Morgan fingerprint density at radius 2 is 2.15 bits per heavy atom. The number of anilines is 2. The molecule has 2 fully saturated rings. The molecular formula is C19H21N5O2. The van der Waals surface area contributed by atoms with Gasteiger partial charge in [0.15, 0.2) is 0 Å². The van der Waals surface area contributed by atoms with Gasteiger partial charge in [-0.05, 0) is 36.5 Å². The monoisotopic (exact) mass is 351 g/mol. The Hall–Kier alpha value is -2.64. The van der Waals surface area contributed by atoms with Crippen LogP contribution in [0.1, 0.15) is 35.6 Å². The lowest BCUT2D eigenvalue weighted by Gasteiger charge is -2.37. The summed E-state index contributed by atoms with van der Waals surface area (Å²) < 4.78 is 7.30. The summed E-state index contributed by atoms with van der Waals surface area (Å²) in [6.07, 6.45) is 8.26. The van der Waals surface area contributed by atoms with Gasteiger partial charge in [0.05, 0.1) is 25.5 Å². The van der Waals surface area contributed by atoms with Crippen LogP contribution in [0.25, 0.3) is 5.65 Å². The summed E-state index contributed by atoms with van der Waals surface area (Å²) in [6.45, 7) is 1.22. The highest BCUT2D eigenvalue weighted by Gasteiger charge is 2.41. The van der Waals surface area contributed by atoms with Gasteiger partial charge in [0.1, 0.15) is 17.1 Å². The molecular weight excluding hydrogens is 330 g/mol. The van der Waals surface area contributed by atoms with Crippen molar-refractivity contribution in [3.05, 3.63) is 53.6 Å². The predicted octanol–water partition coefficient (Wildman–Crippen LogP) is 2.02. The van der Waals surface area contributed by atoms with Gasteiger partial charge < -0.3 is 25.3 Å². The zero-order valence-corrected chi connectivity index (χ0v) is 14.4. The average Bonchev–Trinajstić information content (AvgIpc) is 3.37. The Bertz CT molecular complexity index is 975. The van der Waals surface area contributed by atoms with Gasteiger partial charge in [-0.25, -0.2) is 9.97 Å². The molecule has 0 aromatic carbocycles. The molecule has 3 aromatic rings. The number of pyridine rings is 2. The normalized spacial score (nSPS) is 18.7. The number of nitrogens with zero attached hydrogens (tertiary/aromatic N) is 3. The van der Waals surface area contributed by atoms with Crippen LogP contribution in [-0.2, 0) is 16.9 Å². The van der Waals surface area contributed by atoms with Crippen molar-refractivity contribution >= 4 is 17.2 Å². The van der Waals surface area contributed by atoms with Crippen molar-refractivity contribution in [1.29, 1.82) is 0 Å². The highest BCUT2D eigenvalue weighted by molar-refractivity contribution is 5.56. The quantitative estimate of drug-likeness (QED) is 0.651. The fraction of sp³-hybridized carbons (Fsp3) is 0.368. The summed E-state index contributed by atoms with van der Waals surface area (Å²) in [6, 6.07) is 5.78. The average molecular weight is 351 g/mol. The van der Waals surface area contributed by atoms with Crippen LogP contribution < -0.4 is 11.1 Å². The van der Waals surface area contributed by atoms with Crippen LogP contribution in [-0.4, -0.2) is 32.7 Å². The Kier molecular flexibility index (Phi) is 3.41. The molecule has 0 bridgehead atoms. The summed E-state index contributed by atoms with van der Waals surface area (Å²) >= 11 is 0. The van der Waals surface area contributed by atoms with E-state index in [9.17, 15) is 5.11 Å². The second kappa shape index (κ2) is 5.69. The molecule has 1 aliphatic carbocycles. The van der Waals surface area contributed by atoms with Gasteiger partial charge in [-0.15, -0.1) is 0 Å². The number of aliphatic hydroxyl groups is 1. The second-order valence-electron chi connectivity index (χ2n) is 7.27. The van der Waals surface area contributed by atoms with Crippen molar-refractivity contribution in [1.82, 2.24) is 14.4 Å². The van der Waals surface area contributed by atoms with Crippen molar-refractivity contribution in [3.63, 3.8) is 0 Å². The van der Waals surface area contributed by atoms with E-state index in [0.717, 1.165) is 22.6 Å². The first-order chi connectivity index (χ1) is 12.6. The van der Waals surface area contributed by atoms with Crippen molar-refractivity contribution in [2.24, 2.45) is 0 Å². The number of nitrogen functional groups attached to an aromatic ring is 1. The number of nitrogens with one attached hydrogen (secondary N) is 1. The third kappa shape index (κ3) is 2.69. The van der Waals surface area contributed by atoms with Crippen LogP contribution in [0.4, 0.5) is 11.5 Å². The van der Waals surface area contributed by atoms with E-state index in [0.29, 0.717) is 31.5 Å². The summed E-state index contributed by atoms with van der Waals surface area (Å²) in [5, 5.41) is 14.2. The summed E-state index contributed by atoms with van der Waals surface area (Å²) in [5.74, 6) is 1.08. The van der Waals surface area contributed by atoms with Gasteiger partial charge in [-0.1, -0.05) is 0 Å². The Morgan fingerprint density at radius 3 is 2.85 bits per heavy atom. The number of nitrogens with two attached hydrogens (primary N) is 1. The van der Waals surface area contributed by atoms with Crippen molar-refractivity contribution in [2.45, 2.75) is 30.9 Å². The smallest absolute Gasteiger partial charge is 0.143 e. The van der Waals surface area contributed by atoms with Crippen molar-refractivity contribution < 1.29 is 9.84 Å². The van der Waals surface area contributed by atoms with Gasteiger partial charge >= 0.3 is 0 Å². The lowest BCUT2D eigenvalue weighted by molar-refractivity contribution is -0.184. The van der Waals surface area contributed by atoms with E-state index in [-0.39, 0.29) is 0 Å². The number of hydrogen-bond donors (Lipinski definition) is 3. The molecule has 1 aliphatic heterocycles. The van der Waals surface area contributed by atoms with Crippen molar-refractivity contribution in [3.8, 4) is 0 Å². The lowest BCUT2D eigenvalue weighted by Crippen LogP contribution is -2.46. The molecule has 0 spiro atoms. The number of hydrogen-bond acceptors (Lipinski definition) is 6. The molecule has 0 amide bonds. The van der Waals surface area contributed by atoms with E-state index in [4.69, 9.17) is 15.5 Å². The van der Waals surface area contributed by atoms with E-state index >= 15 is 0 Å². The number of imidazole rings is 1. The SMILES string of the molecule is Nc1cc(NCc2cn3cc(C4CC4)cc(C4(O)COC4)c3n2)ccn1. The predicted molar refractivity (Wildman–Crippen MR) is 97.9 cm³/mol. The Labute approximate surface area is 150 Å². The topological polar surface area (TPSA) is 97.7 Å². The van der Waals surface area contributed by atoms with Crippen LogP contribution in [0.3, 0.4) is 0 Å². The highest BCUT2D eigenvalue weighted by atomic mass is 16.5. The van der Waals surface area contributed by atoms with Crippen LogP contribution in [0.2, 0.25) is 0 Å². The molecule has 4 heterocycles. The van der Waals surface area contributed by atoms with E-state index in [2.05, 4.69) is 22.6 Å². The second-order valence-corrected chi connectivity index (χ2v) is 7.27. The molecule has 5 rings (SSSR count). The maximum Gasteiger partial charge on any atom is 0.143 e. The summed E-state index contributed by atoms with van der Waals surface area (Å²) in [4.78, 5) is 8.75. The van der Waals surface area contributed by atoms with Gasteiger partial charge in [0.25, 0.3) is 0 Å². The number of aromatic nitrogens is 3. The lowest BCUT2D eigenvalue weighted by atomic mass is 9.91. The molecule has 0 atom stereocenters. The largest absolute Gasteiger partial charge is 0.384 e. The minimum atomic E-state index is -0.929. The maximum absolute atomic E-state index is 10.8. The molecule has 0 unspecified atom stereocenters. The van der Waals surface area contributed by atoms with E-state index in [1.54, 1.807) is 12.3 Å². The Balaban J connectivity index is 1.48. The number of rotatable bonds is 5. The highest BCUT2D eigenvalue weighted by Crippen LogP contribution is 2.42. The summed E-state index contributed by atoms with van der Waals surface area (Å²) in [7, 11) is 0. The first kappa shape index (κ1) is 15.6. The van der Waals surface area contributed by atoms with Crippen LogP contribution in [0, 0.1) is 0 Å². The van der Waals surface area contributed by atoms with Crippen LogP contribution in [0.5, 0.6) is 0 Å². The van der Waals surface area contributed by atoms with E-state index in [1.165, 1.54) is 18.4 Å². The zero-order chi connectivity index (χ0) is 17.7. The molecule has 2 aliphatic rings. The molecule has 3 aromatic heterocycles. The fourth-order valence-corrected chi connectivity index (χ4v) is 3.44. The van der Waals surface area contributed by atoms with Crippen LogP contribution >= 0.6 is 0 Å². The molecule has 7 nitrogen and oxygen atoms in total.